The van der Waals surface area contributed by atoms with E-state index in [2.05, 4.69) is 10.3 Å². The van der Waals surface area contributed by atoms with Crippen molar-refractivity contribution in [2.75, 3.05) is 11.1 Å². The topological polar surface area (TPSA) is 58.5 Å². The second-order valence-corrected chi connectivity index (χ2v) is 7.30. The summed E-state index contributed by atoms with van der Waals surface area (Å²) in [5.41, 5.74) is 1.32. The second kappa shape index (κ2) is 8.13. The highest BCUT2D eigenvalue weighted by molar-refractivity contribution is 8.41. The number of nitrogens with one attached hydrogen (secondary N) is 1. The number of hydrogen-bond acceptors (Lipinski definition) is 4. The van der Waals surface area contributed by atoms with Gasteiger partial charge in [-0.25, -0.2) is 4.39 Å². The normalized spacial score (nSPS) is 15.3. The molecule has 0 unspecified atom stereocenters. The van der Waals surface area contributed by atoms with Crippen LogP contribution >= 0.6 is 23.5 Å². The molecule has 0 spiro atoms. The predicted octanol–water partition coefficient (Wildman–Crippen LogP) is 4.17. The average Bonchev–Trinajstić information content (AvgIpc) is 2.94. The molecular weight excluding hydrogens is 359 g/mol. The number of hydrogen-bond donors (Lipinski definition) is 1. The van der Waals surface area contributed by atoms with E-state index in [-0.39, 0.29) is 17.6 Å². The van der Waals surface area contributed by atoms with Crippen LogP contribution in [0.1, 0.15) is 5.56 Å². The van der Waals surface area contributed by atoms with E-state index in [1.54, 1.807) is 12.1 Å². The van der Waals surface area contributed by atoms with E-state index in [4.69, 9.17) is 0 Å². The summed E-state index contributed by atoms with van der Waals surface area (Å²) in [6.07, 6.45) is 1.77. The minimum atomic E-state index is -0.414. The van der Waals surface area contributed by atoms with Crippen molar-refractivity contribution < 1.29 is 14.0 Å². The van der Waals surface area contributed by atoms with Crippen LogP contribution in [0.25, 0.3) is 6.08 Å². The van der Waals surface area contributed by atoms with Gasteiger partial charge in [0.15, 0.2) is 0 Å². The fourth-order valence-corrected chi connectivity index (χ4v) is 3.84. The summed E-state index contributed by atoms with van der Waals surface area (Å²) >= 11 is 2.43. The number of anilines is 1. The van der Waals surface area contributed by atoms with Gasteiger partial charge in [-0.1, -0.05) is 59.9 Å². The zero-order chi connectivity index (χ0) is 17.6. The molecule has 25 heavy (non-hydrogen) atoms. The monoisotopic (exact) mass is 372 g/mol. The number of amides is 2. The van der Waals surface area contributed by atoms with Gasteiger partial charge in [0.25, 0.3) is 5.91 Å². The van der Waals surface area contributed by atoms with Gasteiger partial charge in [0.2, 0.25) is 5.91 Å². The van der Waals surface area contributed by atoms with Crippen LogP contribution in [0.3, 0.4) is 0 Å². The maximum absolute atomic E-state index is 13.1. The zero-order valence-corrected chi connectivity index (χ0v) is 14.6. The molecule has 0 saturated carbocycles. The van der Waals surface area contributed by atoms with Gasteiger partial charge in [-0.3, -0.25) is 9.59 Å². The molecular formula is C18H13FN2O2S2. The molecule has 2 aromatic carbocycles. The molecule has 0 atom stereocenters. The fourth-order valence-electron chi connectivity index (χ4n) is 2.04. The number of rotatable bonds is 4. The lowest BCUT2D eigenvalue weighted by Gasteiger charge is -2.04. The number of halogens is 1. The number of nitrogens with zero attached hydrogens (tertiary/aromatic N) is 1. The molecule has 0 aromatic heterocycles. The molecule has 1 heterocycles. The first-order chi connectivity index (χ1) is 12.1. The lowest BCUT2D eigenvalue weighted by atomic mass is 10.2. The number of benzene rings is 2. The van der Waals surface area contributed by atoms with Crippen molar-refractivity contribution in [1.29, 1.82) is 0 Å². The fraction of sp³-hybridized carbons (Fsp3) is 0.0556. The number of carbonyl (C=O) groups excluding carboxylic acids is 2. The lowest BCUT2D eigenvalue weighted by molar-refractivity contribution is -0.114. The first-order valence-corrected chi connectivity index (χ1v) is 9.16. The van der Waals surface area contributed by atoms with E-state index in [9.17, 15) is 14.0 Å². The lowest BCUT2D eigenvalue weighted by Crippen LogP contribution is -2.14. The Balaban J connectivity index is 1.54. The predicted molar refractivity (Wildman–Crippen MR) is 102 cm³/mol. The maximum atomic E-state index is 13.1. The summed E-state index contributed by atoms with van der Waals surface area (Å²) in [4.78, 5) is 28.3. The third kappa shape index (κ3) is 5.04. The summed E-state index contributed by atoms with van der Waals surface area (Å²) in [6.45, 7) is 0. The first kappa shape index (κ1) is 17.4. The Bertz CT molecular complexity index is 866. The second-order valence-electron chi connectivity index (χ2n) is 5.05. The van der Waals surface area contributed by atoms with E-state index in [0.717, 1.165) is 5.56 Å². The summed E-state index contributed by atoms with van der Waals surface area (Å²) in [7, 11) is 0. The van der Waals surface area contributed by atoms with Gasteiger partial charge in [0, 0.05) is 5.69 Å². The minimum Gasteiger partial charge on any atom is -0.325 e. The van der Waals surface area contributed by atoms with Crippen molar-refractivity contribution in [2.24, 2.45) is 4.99 Å². The number of carbonyl (C=O) groups is 2. The summed E-state index contributed by atoms with van der Waals surface area (Å²) in [5, 5.41) is 2.61. The van der Waals surface area contributed by atoms with E-state index in [1.165, 1.54) is 41.7 Å². The van der Waals surface area contributed by atoms with E-state index in [1.807, 2.05) is 30.3 Å². The summed E-state index contributed by atoms with van der Waals surface area (Å²) in [6, 6.07) is 15.2. The number of thioether (sulfide) groups is 2. The quantitative estimate of drug-likeness (QED) is 0.819. The molecule has 0 fully saturated rings. The molecule has 0 aliphatic carbocycles. The Morgan fingerprint density at radius 3 is 2.76 bits per heavy atom. The molecule has 7 heteroatoms. The molecule has 4 nitrogen and oxygen atoms in total. The third-order valence-corrected chi connectivity index (χ3v) is 5.26. The summed E-state index contributed by atoms with van der Waals surface area (Å²) < 4.78 is 13.6. The van der Waals surface area contributed by atoms with Crippen LogP contribution in [0.2, 0.25) is 0 Å². The summed E-state index contributed by atoms with van der Waals surface area (Å²) in [5.74, 6) is -0.912. The van der Waals surface area contributed by atoms with Gasteiger partial charge >= 0.3 is 0 Å². The molecule has 126 valence electrons. The Labute approximate surface area is 152 Å². The van der Waals surface area contributed by atoms with Crippen LogP contribution in [0, 0.1) is 5.82 Å². The van der Waals surface area contributed by atoms with Crippen molar-refractivity contribution in [3.8, 4) is 0 Å². The number of aliphatic imine (C=N–C) groups is 1. The molecule has 2 amide bonds. The molecule has 3 rings (SSSR count). The van der Waals surface area contributed by atoms with Gasteiger partial charge < -0.3 is 5.32 Å². The molecule has 1 aliphatic rings. The zero-order valence-electron chi connectivity index (χ0n) is 12.9. The van der Waals surface area contributed by atoms with Gasteiger partial charge in [0.1, 0.15) is 10.2 Å². The van der Waals surface area contributed by atoms with Crippen LogP contribution in [0.5, 0.6) is 0 Å². The van der Waals surface area contributed by atoms with Crippen LogP contribution in [-0.4, -0.2) is 21.9 Å². The molecule has 1 aliphatic heterocycles. The van der Waals surface area contributed by atoms with Crippen LogP contribution in [-0.2, 0) is 9.59 Å². The van der Waals surface area contributed by atoms with Gasteiger partial charge in [-0.15, -0.1) is 0 Å². The Morgan fingerprint density at radius 1 is 1.20 bits per heavy atom. The Hall–Kier alpha value is -2.38. The highest BCUT2D eigenvalue weighted by atomic mass is 32.2. The first-order valence-electron chi connectivity index (χ1n) is 7.36. The Morgan fingerprint density at radius 2 is 2.00 bits per heavy atom. The van der Waals surface area contributed by atoms with Gasteiger partial charge in [-0.2, -0.15) is 4.99 Å². The van der Waals surface area contributed by atoms with E-state index >= 15 is 0 Å². The van der Waals surface area contributed by atoms with Crippen LogP contribution in [0.4, 0.5) is 10.1 Å². The van der Waals surface area contributed by atoms with Crippen molar-refractivity contribution in [1.82, 2.24) is 0 Å². The van der Waals surface area contributed by atoms with E-state index < -0.39 is 5.82 Å². The largest absolute Gasteiger partial charge is 0.325 e. The van der Waals surface area contributed by atoms with Crippen LogP contribution < -0.4 is 5.32 Å². The van der Waals surface area contributed by atoms with Gasteiger partial charge in [0.05, 0.1) is 10.7 Å². The SMILES string of the molecule is O=C(CSC1=NC(=O)C(=Cc2ccccc2)S1)Nc1cccc(F)c1. The molecule has 0 radical (unpaired) electrons. The molecule has 2 aromatic rings. The highest BCUT2D eigenvalue weighted by Gasteiger charge is 2.22. The average molecular weight is 372 g/mol. The van der Waals surface area contributed by atoms with Crippen LogP contribution in [0.15, 0.2) is 64.5 Å². The van der Waals surface area contributed by atoms with Gasteiger partial charge in [-0.05, 0) is 29.8 Å². The molecule has 1 N–H and O–H groups in total. The van der Waals surface area contributed by atoms with E-state index in [0.29, 0.717) is 15.0 Å². The molecule has 0 bridgehead atoms. The van der Waals surface area contributed by atoms with Crippen molar-refractivity contribution >= 4 is 51.5 Å². The standard InChI is InChI=1S/C18H13FN2O2S2/c19-13-7-4-8-14(10-13)20-16(22)11-24-18-21-17(23)15(25-18)9-12-5-2-1-3-6-12/h1-10H,11H2,(H,20,22). The van der Waals surface area contributed by atoms with Crippen molar-refractivity contribution in [2.45, 2.75) is 0 Å². The minimum absolute atomic E-state index is 0.0915. The third-order valence-electron chi connectivity index (χ3n) is 3.13. The highest BCUT2D eigenvalue weighted by Crippen LogP contribution is 2.33. The maximum Gasteiger partial charge on any atom is 0.285 e. The van der Waals surface area contributed by atoms with Crippen molar-refractivity contribution in [3.63, 3.8) is 0 Å². The van der Waals surface area contributed by atoms with Crippen molar-refractivity contribution in [3.05, 3.63) is 70.9 Å². The molecule has 0 saturated heterocycles. The Kier molecular flexibility index (Phi) is 5.67. The smallest absolute Gasteiger partial charge is 0.285 e.